The van der Waals surface area contributed by atoms with E-state index in [2.05, 4.69) is 4.98 Å². The molecule has 29 heteroatoms. The van der Waals surface area contributed by atoms with Crippen LogP contribution in [0.25, 0.3) is 44.1 Å². The van der Waals surface area contributed by atoms with Crippen LogP contribution in [0.1, 0.15) is 134 Å². The molecule has 3 atom stereocenters. The normalized spacial score (nSPS) is 16.8. The SMILES string of the molecule is CC(=O)c1ccc(-c2csc(-c3ccc(C(F)(F)F)cc3CN3C(=O)O[C@H](c4cc(C(F)(F)F)cc(C(F)(F)F)c4)[C@@H]3C)n2)c(C)c1.COc1ccc(-c2ccc(C(C)=O)cc2C)cc1-c1ccc(C(F)(F)F)cc1CN1C(=O)OC(c2cc(C(F)(F)F)cc(C(F)(F)F)c2)C1(C)C. The topological polar surface area (TPSA) is 115 Å². The zero-order valence-corrected chi connectivity index (χ0v) is 53.1. The Morgan fingerprint density at radius 3 is 1.42 bits per heavy atom. The van der Waals surface area contributed by atoms with Gasteiger partial charge in [-0.2, -0.15) is 79.0 Å². The Bertz CT molecular complexity index is 4370. The summed E-state index contributed by atoms with van der Waals surface area (Å²) in [6.45, 7) is 9.26. The summed E-state index contributed by atoms with van der Waals surface area (Å²) < 4.78 is 262. The lowest BCUT2D eigenvalue weighted by Crippen LogP contribution is -2.42. The second kappa shape index (κ2) is 26.4. The highest BCUT2D eigenvalue weighted by Crippen LogP contribution is 2.49. The van der Waals surface area contributed by atoms with Gasteiger partial charge in [0.15, 0.2) is 17.7 Å². The van der Waals surface area contributed by atoms with E-state index in [1.165, 1.54) is 53.9 Å². The van der Waals surface area contributed by atoms with Crippen LogP contribution in [0.2, 0.25) is 0 Å². The molecule has 0 radical (unpaired) electrons. The van der Waals surface area contributed by atoms with Crippen molar-refractivity contribution in [2.75, 3.05) is 7.11 Å². The molecule has 1 aromatic heterocycles. The largest absolute Gasteiger partial charge is 0.496 e. The first-order valence-electron chi connectivity index (χ1n) is 29.1. The van der Waals surface area contributed by atoms with Crippen LogP contribution in [-0.4, -0.2) is 57.2 Å². The van der Waals surface area contributed by atoms with Crippen LogP contribution < -0.4 is 4.74 Å². The summed E-state index contributed by atoms with van der Waals surface area (Å²) in [5, 5.41) is 1.95. The average Bonchev–Trinajstić information content (AvgIpc) is 1.55. The van der Waals surface area contributed by atoms with Crippen LogP contribution in [0.4, 0.5) is 88.6 Å². The van der Waals surface area contributed by atoms with Gasteiger partial charge in [-0.15, -0.1) is 11.3 Å². The van der Waals surface area contributed by atoms with E-state index in [1.807, 2.05) is 0 Å². The highest BCUT2D eigenvalue weighted by Gasteiger charge is 2.51. The minimum absolute atomic E-state index is 0.0335. The van der Waals surface area contributed by atoms with Gasteiger partial charge in [0.25, 0.3) is 0 Å². The number of ketones is 2. The van der Waals surface area contributed by atoms with Gasteiger partial charge in [-0.3, -0.25) is 19.4 Å². The van der Waals surface area contributed by atoms with E-state index >= 15 is 0 Å². The van der Waals surface area contributed by atoms with Gasteiger partial charge in [0, 0.05) is 33.2 Å². The van der Waals surface area contributed by atoms with Crippen LogP contribution in [-0.2, 0) is 59.6 Å². The number of methoxy groups -OCH3 is 1. The van der Waals surface area contributed by atoms with Gasteiger partial charge < -0.3 is 14.2 Å². The van der Waals surface area contributed by atoms with Gasteiger partial charge in [-0.25, -0.2) is 14.6 Å². The second-order valence-corrected chi connectivity index (χ2v) is 24.6. The lowest BCUT2D eigenvalue weighted by atomic mass is 9.87. The third-order valence-corrected chi connectivity index (χ3v) is 17.5. The number of aromatic nitrogens is 1. The summed E-state index contributed by atoms with van der Waals surface area (Å²) >= 11 is 1.10. The van der Waals surface area contributed by atoms with Gasteiger partial charge in [-0.05, 0) is 183 Å². The number of carbonyl (C=O) groups excluding carboxylic acids is 4. The Balaban J connectivity index is 0.000000230. The molecule has 3 heterocycles. The molecule has 10 rings (SSSR count). The fourth-order valence-corrected chi connectivity index (χ4v) is 12.4. The first kappa shape index (κ1) is 72.8. The number of nitrogens with zero attached hydrogens (tertiary/aromatic N) is 3. The van der Waals surface area contributed by atoms with E-state index in [0.717, 1.165) is 56.5 Å². The Labute approximate surface area is 550 Å². The molecule has 98 heavy (non-hydrogen) atoms. The molecule has 0 saturated carbocycles. The Morgan fingerprint density at radius 2 is 0.959 bits per heavy atom. The predicted octanol–water partition coefficient (Wildman–Crippen LogP) is 21.2. The Hall–Kier alpha value is -9.41. The summed E-state index contributed by atoms with van der Waals surface area (Å²) in [5.74, 6) is -0.0322. The fraction of sp³-hybridized carbons (Fsp3) is 0.290. The van der Waals surface area contributed by atoms with Gasteiger partial charge >= 0.3 is 49.2 Å². The summed E-state index contributed by atoms with van der Waals surface area (Å²) in [4.78, 5) is 56.4. The van der Waals surface area contributed by atoms with E-state index in [9.17, 15) is 98.2 Å². The van der Waals surface area contributed by atoms with E-state index < -0.39 is 131 Å². The number of aryl methyl sites for hydroxylation is 2. The molecule has 10 nitrogen and oxygen atoms in total. The maximum absolute atomic E-state index is 14.0. The Morgan fingerprint density at radius 1 is 0.510 bits per heavy atom. The van der Waals surface area contributed by atoms with Crippen molar-refractivity contribution in [3.8, 4) is 49.8 Å². The summed E-state index contributed by atoms with van der Waals surface area (Å²) in [6, 6.07) is 21.2. The van der Waals surface area contributed by atoms with Crippen LogP contribution in [0.3, 0.4) is 0 Å². The molecule has 0 bridgehead atoms. The molecule has 7 aromatic carbocycles. The standard InChI is InChI=1S/C37H30F9NO4.C32H23F9N2O3S/c1-19-12-21(20(2)48)6-9-28(19)22-7-11-31(50-5)30(16-22)29-10-8-25(35(38,39)40)15-24(29)18-47-33(49)51-32(34(47,3)4)23-13-26(36(41,42)43)17-27(14-23)37(44,45)46;1-15-8-18(17(3)44)4-6-24(15)26-14-47-28(42-26)25-7-5-21(30(33,34)35)11-20(25)13-43-16(2)27(46-29(43)45)19-9-22(31(36,37)38)12-23(10-19)32(39,40)41/h6-17,32H,18H2,1-5H3;4-12,14,16,27H,13H2,1-3H3/t;16-,27-/m.0/s1. The van der Waals surface area contributed by atoms with Crippen molar-refractivity contribution < 1.29 is 112 Å². The number of thiazole rings is 1. The quantitative estimate of drug-likeness (QED) is 0.0828. The first-order chi connectivity index (χ1) is 45.3. The summed E-state index contributed by atoms with van der Waals surface area (Å²) in [6.07, 6.45) is -35.8. The van der Waals surface area contributed by atoms with Crippen molar-refractivity contribution in [1.29, 1.82) is 0 Å². The number of benzene rings is 7. The molecule has 518 valence electrons. The fourth-order valence-electron chi connectivity index (χ4n) is 11.5. The van der Waals surface area contributed by atoms with E-state index in [0.29, 0.717) is 63.3 Å². The summed E-state index contributed by atoms with van der Waals surface area (Å²) in [7, 11) is 1.35. The predicted molar refractivity (Wildman–Crippen MR) is 322 cm³/mol. The smallest absolute Gasteiger partial charge is 0.416 e. The van der Waals surface area contributed by atoms with E-state index in [1.54, 1.807) is 73.8 Å². The molecule has 2 amide bonds. The number of halogens is 18. The van der Waals surface area contributed by atoms with Gasteiger partial charge in [-0.1, -0.05) is 42.5 Å². The number of alkyl halides is 18. The molecule has 0 spiro atoms. The molecule has 0 N–H and O–H groups in total. The molecule has 2 fully saturated rings. The molecule has 2 aliphatic rings. The highest BCUT2D eigenvalue weighted by molar-refractivity contribution is 7.13. The lowest BCUT2D eigenvalue weighted by Gasteiger charge is -2.33. The number of rotatable bonds is 13. The maximum Gasteiger partial charge on any atom is 0.416 e. The van der Waals surface area contributed by atoms with Crippen molar-refractivity contribution in [2.24, 2.45) is 0 Å². The Kier molecular flexibility index (Phi) is 19.7. The molecule has 2 saturated heterocycles. The van der Waals surface area contributed by atoms with Crippen molar-refractivity contribution in [3.05, 3.63) is 211 Å². The number of Topliss-reactive ketones (excluding diaryl/α,β-unsaturated/α-hetero) is 2. The monoisotopic (exact) mass is 1410 g/mol. The number of hydrogen-bond donors (Lipinski definition) is 0. The molecule has 1 unspecified atom stereocenters. The second-order valence-electron chi connectivity index (χ2n) is 23.7. The zero-order valence-electron chi connectivity index (χ0n) is 52.3. The third-order valence-electron chi connectivity index (χ3n) is 16.6. The van der Waals surface area contributed by atoms with E-state index in [-0.39, 0.29) is 56.7 Å². The minimum atomic E-state index is -5.17. The minimum Gasteiger partial charge on any atom is -0.496 e. The van der Waals surface area contributed by atoms with Crippen LogP contribution >= 0.6 is 11.3 Å². The van der Waals surface area contributed by atoms with Crippen molar-refractivity contribution in [1.82, 2.24) is 14.8 Å². The van der Waals surface area contributed by atoms with Crippen LogP contribution in [0, 0.1) is 13.8 Å². The van der Waals surface area contributed by atoms with Crippen molar-refractivity contribution in [3.63, 3.8) is 0 Å². The average molecular weight is 1410 g/mol. The number of carbonyl (C=O) groups is 4. The number of hydrogen-bond acceptors (Lipinski definition) is 9. The third kappa shape index (κ3) is 15.5. The van der Waals surface area contributed by atoms with Crippen LogP contribution in [0.15, 0.2) is 133 Å². The van der Waals surface area contributed by atoms with Gasteiger partial charge in [0.05, 0.1) is 70.9 Å². The molecule has 8 aromatic rings. The number of cyclic esters (lactones) is 2. The number of amides is 2. The highest BCUT2D eigenvalue weighted by atomic mass is 32.1. The molecular weight excluding hydrogens is 1360 g/mol. The van der Waals surface area contributed by atoms with Gasteiger partial charge in [0.2, 0.25) is 0 Å². The molecular formula is C69H53F18N3O7S. The van der Waals surface area contributed by atoms with E-state index in [4.69, 9.17) is 14.2 Å². The van der Waals surface area contributed by atoms with Crippen LogP contribution in [0.5, 0.6) is 5.75 Å². The molecule has 0 aliphatic carbocycles. The molecule has 2 aliphatic heterocycles. The lowest BCUT2D eigenvalue weighted by molar-refractivity contribution is -0.144. The van der Waals surface area contributed by atoms with Crippen molar-refractivity contribution >= 4 is 35.1 Å². The summed E-state index contributed by atoms with van der Waals surface area (Å²) in [5.41, 5.74) is -5.82. The van der Waals surface area contributed by atoms with Gasteiger partial charge in [0.1, 0.15) is 16.9 Å². The maximum atomic E-state index is 14.0. The zero-order chi connectivity index (χ0) is 72.5. The first-order valence-corrected chi connectivity index (χ1v) is 30.0. The van der Waals surface area contributed by atoms with Crippen molar-refractivity contribution in [2.45, 2.75) is 122 Å². The number of ether oxygens (including phenoxy) is 3.